The quantitative estimate of drug-likeness (QED) is 0.808. The van der Waals surface area contributed by atoms with Crippen LogP contribution >= 0.6 is 11.6 Å². The summed E-state index contributed by atoms with van der Waals surface area (Å²) in [5.41, 5.74) is 0. The Morgan fingerprint density at radius 1 is 1.38 bits per heavy atom. The summed E-state index contributed by atoms with van der Waals surface area (Å²) >= 11 is 6.02. The minimum Gasteiger partial charge on any atom is -0.489 e. The molecule has 0 spiro atoms. The van der Waals surface area contributed by atoms with Gasteiger partial charge in [0.05, 0.1) is 5.02 Å². The predicted octanol–water partition coefficient (Wildman–Crippen LogP) is 3.64. The molecule has 3 nitrogen and oxygen atoms in total. The summed E-state index contributed by atoms with van der Waals surface area (Å²) in [6, 6.07) is 7.88. The van der Waals surface area contributed by atoms with Crippen molar-refractivity contribution in [2.24, 2.45) is 5.92 Å². The summed E-state index contributed by atoms with van der Waals surface area (Å²) in [4.78, 5) is 0. The van der Waals surface area contributed by atoms with Crippen LogP contribution in [0.1, 0.15) is 39.0 Å². The highest BCUT2D eigenvalue weighted by atomic mass is 35.5. The van der Waals surface area contributed by atoms with Crippen LogP contribution in [0.3, 0.4) is 0 Å². The molecule has 1 aromatic rings. The summed E-state index contributed by atoms with van der Waals surface area (Å²) in [6.07, 6.45) is 5.85. The van der Waals surface area contributed by atoms with Crippen molar-refractivity contribution in [3.8, 4) is 5.75 Å². The van der Waals surface area contributed by atoms with E-state index in [2.05, 4.69) is 12.2 Å². The van der Waals surface area contributed by atoms with Crippen LogP contribution in [0.25, 0.3) is 0 Å². The topological polar surface area (TPSA) is 41.5 Å². The smallest absolute Gasteiger partial charge is 0.138 e. The normalized spacial score (nSPS) is 23.8. The molecule has 4 heteroatoms. The highest BCUT2D eigenvalue weighted by Gasteiger charge is 2.21. The van der Waals surface area contributed by atoms with Crippen molar-refractivity contribution < 1.29 is 9.84 Å². The Balaban J connectivity index is 1.68. The molecule has 2 rings (SSSR count). The van der Waals surface area contributed by atoms with Crippen molar-refractivity contribution in [3.05, 3.63) is 29.3 Å². The highest BCUT2D eigenvalue weighted by Crippen LogP contribution is 2.26. The van der Waals surface area contributed by atoms with Crippen molar-refractivity contribution >= 4 is 11.6 Å². The van der Waals surface area contributed by atoms with Crippen molar-refractivity contribution in [1.29, 1.82) is 0 Å². The van der Waals surface area contributed by atoms with Gasteiger partial charge in [-0.05, 0) is 30.9 Å². The first-order valence-electron chi connectivity index (χ1n) is 7.97. The van der Waals surface area contributed by atoms with Crippen molar-refractivity contribution in [3.63, 3.8) is 0 Å². The van der Waals surface area contributed by atoms with E-state index >= 15 is 0 Å². The van der Waals surface area contributed by atoms with E-state index in [9.17, 15) is 5.11 Å². The standard InChI is InChI=1S/C17H26ClNO2/c1-2-13-6-5-7-14(10-13)19-11-15(20)12-21-17-9-4-3-8-16(17)18/h3-4,8-9,13-15,19-20H,2,5-7,10-12H2,1H3. The van der Waals surface area contributed by atoms with Gasteiger partial charge in [-0.15, -0.1) is 0 Å². The fourth-order valence-corrected chi connectivity index (χ4v) is 3.15. The van der Waals surface area contributed by atoms with Gasteiger partial charge in [0.2, 0.25) is 0 Å². The zero-order chi connectivity index (χ0) is 15.1. The second kappa shape index (κ2) is 8.62. The Hall–Kier alpha value is -0.770. The molecule has 1 aliphatic carbocycles. The third-order valence-corrected chi connectivity index (χ3v) is 4.58. The van der Waals surface area contributed by atoms with Gasteiger partial charge in [0, 0.05) is 12.6 Å². The van der Waals surface area contributed by atoms with E-state index < -0.39 is 6.10 Å². The summed E-state index contributed by atoms with van der Waals surface area (Å²) in [5, 5.41) is 14.1. The maximum absolute atomic E-state index is 10.0. The van der Waals surface area contributed by atoms with Crippen LogP contribution in [0.4, 0.5) is 0 Å². The van der Waals surface area contributed by atoms with Crippen LogP contribution in [-0.2, 0) is 0 Å². The molecule has 21 heavy (non-hydrogen) atoms. The molecule has 0 aromatic heterocycles. The number of aliphatic hydroxyl groups is 1. The van der Waals surface area contributed by atoms with Crippen LogP contribution in [-0.4, -0.2) is 30.4 Å². The molecule has 3 atom stereocenters. The first kappa shape index (κ1) is 16.6. The number of para-hydroxylation sites is 1. The van der Waals surface area contributed by atoms with E-state index in [-0.39, 0.29) is 6.61 Å². The van der Waals surface area contributed by atoms with Crippen LogP contribution < -0.4 is 10.1 Å². The monoisotopic (exact) mass is 311 g/mol. The molecule has 118 valence electrons. The van der Waals surface area contributed by atoms with Gasteiger partial charge in [-0.25, -0.2) is 0 Å². The zero-order valence-electron chi connectivity index (χ0n) is 12.7. The van der Waals surface area contributed by atoms with Crippen LogP contribution in [0.15, 0.2) is 24.3 Å². The molecule has 0 amide bonds. The van der Waals surface area contributed by atoms with Crippen LogP contribution in [0, 0.1) is 5.92 Å². The number of benzene rings is 1. The van der Waals surface area contributed by atoms with Gasteiger partial charge in [0.15, 0.2) is 0 Å². The number of hydrogen-bond donors (Lipinski definition) is 2. The second-order valence-corrected chi connectivity index (χ2v) is 6.35. The average Bonchev–Trinajstić information content (AvgIpc) is 2.52. The maximum atomic E-state index is 10.0. The lowest BCUT2D eigenvalue weighted by atomic mass is 9.84. The zero-order valence-corrected chi connectivity index (χ0v) is 13.5. The largest absolute Gasteiger partial charge is 0.489 e. The molecule has 1 fully saturated rings. The molecular formula is C17H26ClNO2. The Kier molecular flexibility index (Phi) is 6.81. The van der Waals surface area contributed by atoms with Crippen molar-refractivity contribution in [1.82, 2.24) is 5.32 Å². The number of hydrogen-bond acceptors (Lipinski definition) is 3. The highest BCUT2D eigenvalue weighted by molar-refractivity contribution is 6.32. The van der Waals surface area contributed by atoms with E-state index in [4.69, 9.17) is 16.3 Å². The van der Waals surface area contributed by atoms with E-state index in [1.54, 1.807) is 6.07 Å². The number of ether oxygens (including phenoxy) is 1. The van der Waals surface area contributed by atoms with Crippen LogP contribution in [0.5, 0.6) is 5.75 Å². The fraction of sp³-hybridized carbons (Fsp3) is 0.647. The van der Waals surface area contributed by atoms with Gasteiger partial charge in [0.25, 0.3) is 0 Å². The van der Waals surface area contributed by atoms with E-state index in [0.29, 0.717) is 23.4 Å². The lowest BCUT2D eigenvalue weighted by Gasteiger charge is -2.30. The van der Waals surface area contributed by atoms with E-state index in [0.717, 1.165) is 5.92 Å². The summed E-state index contributed by atoms with van der Waals surface area (Å²) < 4.78 is 5.56. The molecule has 0 saturated heterocycles. The number of halogens is 1. The van der Waals surface area contributed by atoms with Gasteiger partial charge >= 0.3 is 0 Å². The molecule has 0 heterocycles. The number of rotatable bonds is 7. The molecule has 1 aliphatic rings. The minimum atomic E-state index is -0.511. The molecule has 0 aliphatic heterocycles. The van der Waals surface area contributed by atoms with E-state index in [1.165, 1.54) is 32.1 Å². The molecule has 0 bridgehead atoms. The number of aliphatic hydroxyl groups excluding tert-OH is 1. The second-order valence-electron chi connectivity index (χ2n) is 5.94. The first-order valence-corrected chi connectivity index (χ1v) is 8.35. The third-order valence-electron chi connectivity index (χ3n) is 4.27. The van der Waals surface area contributed by atoms with Gasteiger partial charge in [-0.1, -0.05) is 49.9 Å². The molecular weight excluding hydrogens is 286 g/mol. The third kappa shape index (κ3) is 5.50. The Morgan fingerprint density at radius 3 is 2.95 bits per heavy atom. The number of nitrogens with one attached hydrogen (secondary N) is 1. The lowest BCUT2D eigenvalue weighted by molar-refractivity contribution is 0.100. The van der Waals surface area contributed by atoms with Gasteiger partial charge in [-0.2, -0.15) is 0 Å². The van der Waals surface area contributed by atoms with Crippen LogP contribution in [0.2, 0.25) is 5.02 Å². The SMILES string of the molecule is CCC1CCCC(NCC(O)COc2ccccc2Cl)C1. The molecule has 2 N–H and O–H groups in total. The predicted molar refractivity (Wildman–Crippen MR) is 87.0 cm³/mol. The van der Waals surface area contributed by atoms with Gasteiger partial charge in [-0.3, -0.25) is 0 Å². The Morgan fingerprint density at radius 2 is 2.19 bits per heavy atom. The van der Waals surface area contributed by atoms with E-state index in [1.807, 2.05) is 18.2 Å². The summed E-state index contributed by atoms with van der Waals surface area (Å²) in [7, 11) is 0. The van der Waals surface area contributed by atoms with Gasteiger partial charge < -0.3 is 15.2 Å². The van der Waals surface area contributed by atoms with Crippen molar-refractivity contribution in [2.45, 2.75) is 51.2 Å². The molecule has 3 unspecified atom stereocenters. The van der Waals surface area contributed by atoms with Crippen molar-refractivity contribution in [2.75, 3.05) is 13.2 Å². The lowest BCUT2D eigenvalue weighted by Crippen LogP contribution is -2.40. The first-order chi connectivity index (χ1) is 10.2. The minimum absolute atomic E-state index is 0.265. The molecule has 0 radical (unpaired) electrons. The molecule has 1 aromatic carbocycles. The Bertz CT molecular complexity index is 427. The van der Waals surface area contributed by atoms with Gasteiger partial charge in [0.1, 0.15) is 18.5 Å². The maximum Gasteiger partial charge on any atom is 0.138 e. The average molecular weight is 312 g/mol. The summed E-state index contributed by atoms with van der Waals surface area (Å²) in [6.45, 7) is 3.10. The fourth-order valence-electron chi connectivity index (χ4n) is 2.96. The summed E-state index contributed by atoms with van der Waals surface area (Å²) in [5.74, 6) is 1.47. The molecule has 1 saturated carbocycles. The Labute approximate surface area is 132 Å².